The highest BCUT2D eigenvalue weighted by Gasteiger charge is 2.10. The Balaban J connectivity index is 1.90. The van der Waals surface area contributed by atoms with Crippen LogP contribution in [0.3, 0.4) is 0 Å². The molecule has 0 aliphatic rings. The fourth-order valence-electron chi connectivity index (χ4n) is 2.14. The number of carbonyl (C=O) groups is 2. The van der Waals surface area contributed by atoms with Crippen molar-refractivity contribution in [2.75, 3.05) is 37.9 Å². The molecule has 0 unspecified atom stereocenters. The van der Waals surface area contributed by atoms with Gasteiger partial charge in [-0.15, -0.1) is 0 Å². The summed E-state index contributed by atoms with van der Waals surface area (Å²) in [7, 11) is 3.33. The van der Waals surface area contributed by atoms with Crippen molar-refractivity contribution >= 4 is 35.2 Å². The lowest BCUT2D eigenvalue weighted by Gasteiger charge is -2.14. The van der Waals surface area contributed by atoms with Crippen molar-refractivity contribution < 1.29 is 14.3 Å². The maximum absolute atomic E-state index is 12.2. The predicted molar refractivity (Wildman–Crippen MR) is 110 cm³/mol. The van der Waals surface area contributed by atoms with E-state index in [1.165, 1.54) is 17.2 Å². The highest BCUT2D eigenvalue weighted by Crippen LogP contribution is 2.28. The lowest BCUT2D eigenvalue weighted by Crippen LogP contribution is -2.35. The van der Waals surface area contributed by atoms with Gasteiger partial charge in [0.15, 0.2) is 0 Å². The second-order valence-corrected chi connectivity index (χ2v) is 6.53. The Bertz CT molecular complexity index is 896. The van der Waals surface area contributed by atoms with Gasteiger partial charge in [0.05, 0.1) is 17.9 Å². The summed E-state index contributed by atoms with van der Waals surface area (Å²) in [6.45, 7) is 0.793. The average molecular weight is 417 g/mol. The molecule has 0 spiro atoms. The van der Waals surface area contributed by atoms with E-state index < -0.39 is 6.03 Å². The molecule has 2 rings (SSSR count). The van der Waals surface area contributed by atoms with Crippen molar-refractivity contribution in [1.82, 2.24) is 15.2 Å². The Morgan fingerprint density at radius 3 is 2.69 bits per heavy atom. The van der Waals surface area contributed by atoms with Crippen LogP contribution in [0.5, 0.6) is 5.75 Å². The molecule has 0 aliphatic heterocycles. The lowest BCUT2D eigenvalue weighted by molar-refractivity contribution is 0.216. The van der Waals surface area contributed by atoms with E-state index in [1.54, 1.807) is 38.4 Å². The molecule has 0 radical (unpaired) electrons. The third kappa shape index (κ3) is 7.20. The number of amides is 4. The third-order valence-corrected chi connectivity index (χ3v) is 3.82. The second-order valence-electron chi connectivity index (χ2n) is 6.09. The van der Waals surface area contributed by atoms with Crippen molar-refractivity contribution in [2.45, 2.75) is 6.42 Å². The first-order valence-corrected chi connectivity index (χ1v) is 9.08. The maximum atomic E-state index is 12.2. The molecule has 1 aromatic carbocycles. The van der Waals surface area contributed by atoms with Gasteiger partial charge in [-0.2, -0.15) is 5.26 Å². The van der Waals surface area contributed by atoms with Gasteiger partial charge >= 0.3 is 12.1 Å². The van der Waals surface area contributed by atoms with Crippen LogP contribution in [0.25, 0.3) is 0 Å². The highest BCUT2D eigenvalue weighted by atomic mass is 35.5. The average Bonchev–Trinajstić information content (AvgIpc) is 2.69. The summed E-state index contributed by atoms with van der Waals surface area (Å²) in [5.41, 5.74) is 0.782. The first kappa shape index (κ1) is 21.8. The number of nitrogens with zero attached hydrogens (tertiary/aromatic N) is 3. The summed E-state index contributed by atoms with van der Waals surface area (Å²) in [5.74, 6) is 0.735. The van der Waals surface area contributed by atoms with E-state index in [1.807, 2.05) is 6.07 Å². The number of hydrogen-bond acceptors (Lipinski definition) is 5. The minimum absolute atomic E-state index is 0.174. The molecule has 1 aromatic heterocycles. The van der Waals surface area contributed by atoms with Crippen LogP contribution in [0.1, 0.15) is 12.0 Å². The Morgan fingerprint density at radius 2 is 2.03 bits per heavy atom. The van der Waals surface area contributed by atoms with E-state index in [9.17, 15) is 9.59 Å². The number of hydrogen-bond donors (Lipinski definition) is 3. The lowest BCUT2D eigenvalue weighted by atomic mass is 10.3. The summed E-state index contributed by atoms with van der Waals surface area (Å²) < 4.78 is 5.70. The first-order valence-electron chi connectivity index (χ1n) is 8.70. The number of ether oxygens (including phenoxy) is 1. The summed E-state index contributed by atoms with van der Waals surface area (Å²) in [4.78, 5) is 29.1. The monoisotopic (exact) mass is 416 g/mol. The molecular weight excluding hydrogens is 396 g/mol. The fourth-order valence-corrected chi connectivity index (χ4v) is 2.31. The van der Waals surface area contributed by atoms with Gasteiger partial charge in [-0.25, -0.2) is 14.6 Å². The molecule has 2 aromatic rings. The SMILES string of the molecule is CN(C)C(=O)NCCCOc1ccc(Cl)cc1NC(=O)Nc1ccc(C#N)cn1. The predicted octanol–water partition coefficient (Wildman–Crippen LogP) is 3.29. The highest BCUT2D eigenvalue weighted by molar-refractivity contribution is 6.31. The zero-order valence-corrected chi connectivity index (χ0v) is 16.8. The van der Waals surface area contributed by atoms with Crippen LogP contribution in [0.15, 0.2) is 36.5 Å². The van der Waals surface area contributed by atoms with E-state index >= 15 is 0 Å². The molecule has 0 saturated carbocycles. The molecule has 3 N–H and O–H groups in total. The molecule has 4 amide bonds. The number of anilines is 2. The molecule has 1 heterocycles. The largest absolute Gasteiger partial charge is 0.491 e. The topological polar surface area (TPSA) is 119 Å². The van der Waals surface area contributed by atoms with Crippen LogP contribution < -0.4 is 20.7 Å². The van der Waals surface area contributed by atoms with Crippen molar-refractivity contribution in [2.24, 2.45) is 0 Å². The number of rotatable bonds is 7. The van der Waals surface area contributed by atoms with Crippen LogP contribution in [-0.4, -0.2) is 49.2 Å². The van der Waals surface area contributed by atoms with Gasteiger partial charge in [0.25, 0.3) is 0 Å². The second kappa shape index (κ2) is 10.7. The standard InChI is InChI=1S/C19H21ClN6O3/c1-26(2)19(28)22-8-3-9-29-16-6-5-14(20)10-15(16)24-18(27)25-17-7-4-13(11-21)12-23-17/h4-7,10,12H,3,8-9H2,1-2H3,(H,22,28)(H2,23,24,25,27). The summed E-state index contributed by atoms with van der Waals surface area (Å²) in [5, 5.41) is 17.2. The normalized spacial score (nSPS) is 9.86. The molecule has 10 heteroatoms. The van der Waals surface area contributed by atoms with Gasteiger partial charge in [0, 0.05) is 31.9 Å². The smallest absolute Gasteiger partial charge is 0.324 e. The molecule has 152 valence electrons. The number of halogens is 1. The van der Waals surface area contributed by atoms with Crippen molar-refractivity contribution in [3.8, 4) is 11.8 Å². The minimum Gasteiger partial charge on any atom is -0.491 e. The van der Waals surface area contributed by atoms with E-state index in [-0.39, 0.29) is 6.03 Å². The van der Waals surface area contributed by atoms with Crippen molar-refractivity contribution in [3.63, 3.8) is 0 Å². The number of carbonyl (C=O) groups excluding carboxylic acids is 2. The summed E-state index contributed by atoms with van der Waals surface area (Å²) in [6, 6.07) is 9.18. The minimum atomic E-state index is -0.535. The zero-order valence-electron chi connectivity index (χ0n) is 16.0. The van der Waals surface area contributed by atoms with Crippen LogP contribution in [-0.2, 0) is 0 Å². The zero-order chi connectivity index (χ0) is 21.2. The van der Waals surface area contributed by atoms with E-state index in [2.05, 4.69) is 20.9 Å². The van der Waals surface area contributed by atoms with Crippen molar-refractivity contribution in [3.05, 3.63) is 47.1 Å². The molecule has 29 heavy (non-hydrogen) atoms. The maximum Gasteiger partial charge on any atom is 0.324 e. The number of benzene rings is 1. The summed E-state index contributed by atoms with van der Waals surface area (Å²) in [6.07, 6.45) is 1.95. The van der Waals surface area contributed by atoms with Crippen molar-refractivity contribution in [1.29, 1.82) is 5.26 Å². The van der Waals surface area contributed by atoms with E-state index in [0.717, 1.165) is 0 Å². The van der Waals surface area contributed by atoms with Gasteiger partial charge < -0.3 is 20.3 Å². The number of nitriles is 1. The number of pyridine rings is 1. The van der Waals surface area contributed by atoms with Crippen LogP contribution in [0, 0.1) is 11.3 Å². The molecule has 0 bridgehead atoms. The van der Waals surface area contributed by atoms with Crippen LogP contribution in [0.4, 0.5) is 21.1 Å². The van der Waals surface area contributed by atoms with E-state index in [0.29, 0.717) is 47.4 Å². The number of nitrogens with one attached hydrogen (secondary N) is 3. The van der Waals surface area contributed by atoms with Crippen LogP contribution >= 0.6 is 11.6 Å². The molecule has 0 atom stereocenters. The Labute approximate surface area is 173 Å². The molecule has 0 saturated heterocycles. The molecule has 9 nitrogen and oxygen atoms in total. The van der Waals surface area contributed by atoms with Crippen LogP contribution in [0.2, 0.25) is 5.02 Å². The van der Waals surface area contributed by atoms with Gasteiger partial charge in [0.1, 0.15) is 17.6 Å². The van der Waals surface area contributed by atoms with Gasteiger partial charge in [-0.3, -0.25) is 5.32 Å². The Hall–Kier alpha value is -3.51. The van der Waals surface area contributed by atoms with E-state index in [4.69, 9.17) is 21.6 Å². The fraction of sp³-hybridized carbons (Fsp3) is 0.263. The Morgan fingerprint density at radius 1 is 1.24 bits per heavy atom. The quantitative estimate of drug-likeness (QED) is 0.598. The molecule has 0 aliphatic carbocycles. The molecule has 0 fully saturated rings. The van der Waals surface area contributed by atoms with Gasteiger partial charge in [-0.05, 0) is 36.8 Å². The van der Waals surface area contributed by atoms with Gasteiger partial charge in [0.2, 0.25) is 0 Å². The van der Waals surface area contributed by atoms with Gasteiger partial charge in [-0.1, -0.05) is 11.6 Å². The summed E-state index contributed by atoms with van der Waals surface area (Å²) >= 11 is 6.02. The number of aromatic nitrogens is 1. The third-order valence-electron chi connectivity index (χ3n) is 3.59. The Kier molecular flexibility index (Phi) is 8.06. The first-order chi connectivity index (χ1) is 13.9. The number of urea groups is 2. The molecular formula is C19H21ClN6O3.